The summed E-state index contributed by atoms with van der Waals surface area (Å²) in [7, 11) is -4.74. The number of nitrogens with two attached hydrogens (primary N) is 1. The van der Waals surface area contributed by atoms with E-state index in [1.807, 2.05) is 12.2 Å². The zero-order chi connectivity index (χ0) is 42.8. The zero-order valence-electron chi connectivity index (χ0n) is 35.9. The topological polar surface area (TPSA) is 172 Å². The molecule has 0 aliphatic heterocycles. The van der Waals surface area contributed by atoms with E-state index in [1.54, 1.807) is 0 Å². The van der Waals surface area contributed by atoms with E-state index in [4.69, 9.17) is 24.8 Å². The minimum Gasteiger partial charge on any atom is -0.480 e. The van der Waals surface area contributed by atoms with Gasteiger partial charge >= 0.3 is 25.7 Å². The van der Waals surface area contributed by atoms with Crippen LogP contribution in [-0.4, -0.2) is 59.9 Å². The maximum atomic E-state index is 12.6. The monoisotopic (exact) mass is 836 g/mol. The van der Waals surface area contributed by atoms with Crippen LogP contribution in [0.15, 0.2) is 72.9 Å². The van der Waals surface area contributed by atoms with Crippen LogP contribution in [0.1, 0.15) is 168 Å². The minimum atomic E-state index is -4.74. The maximum absolute atomic E-state index is 12.6. The molecule has 0 saturated carbocycles. The third kappa shape index (κ3) is 39.7. The number of hydrogen-bond acceptors (Lipinski definition) is 9. The molecule has 0 rings (SSSR count). The van der Waals surface area contributed by atoms with Crippen LogP contribution in [0, 0.1) is 0 Å². The van der Waals surface area contributed by atoms with Crippen LogP contribution in [0.3, 0.4) is 0 Å². The van der Waals surface area contributed by atoms with Gasteiger partial charge in [-0.2, -0.15) is 0 Å². The Kier molecular flexibility index (Phi) is 38.5. The van der Waals surface area contributed by atoms with Crippen molar-refractivity contribution in [2.75, 3.05) is 19.8 Å². The summed E-state index contributed by atoms with van der Waals surface area (Å²) in [6.45, 7) is 2.66. The Balaban J connectivity index is 4.49. The Hall–Kier alpha value is -3.08. The van der Waals surface area contributed by atoms with Crippen molar-refractivity contribution in [1.82, 2.24) is 0 Å². The van der Waals surface area contributed by atoms with Crippen LogP contribution in [-0.2, 0) is 37.5 Å². The number of allylic oxidation sites excluding steroid dienone is 12. The van der Waals surface area contributed by atoms with Crippen molar-refractivity contribution in [3.8, 4) is 0 Å². The van der Waals surface area contributed by atoms with Crippen molar-refractivity contribution in [3.63, 3.8) is 0 Å². The molecule has 0 bridgehead atoms. The lowest BCUT2D eigenvalue weighted by Crippen LogP contribution is -2.34. The second-order valence-corrected chi connectivity index (χ2v) is 15.9. The Morgan fingerprint density at radius 2 is 0.966 bits per heavy atom. The fraction of sp³-hybridized carbons (Fsp3) is 0.674. The van der Waals surface area contributed by atoms with Crippen molar-refractivity contribution >= 4 is 25.7 Å². The van der Waals surface area contributed by atoms with Gasteiger partial charge in [0.25, 0.3) is 0 Å². The van der Waals surface area contributed by atoms with Crippen LogP contribution >= 0.6 is 7.82 Å². The fourth-order valence-electron chi connectivity index (χ4n) is 5.44. The molecule has 0 aromatic carbocycles. The van der Waals surface area contributed by atoms with E-state index < -0.39 is 51.1 Å². The second-order valence-electron chi connectivity index (χ2n) is 14.5. The summed E-state index contributed by atoms with van der Waals surface area (Å²) in [5.74, 6) is -2.49. The van der Waals surface area contributed by atoms with Gasteiger partial charge in [0.1, 0.15) is 12.6 Å². The molecule has 0 radical (unpaired) electrons. The highest BCUT2D eigenvalue weighted by atomic mass is 31.2. The molecule has 0 aromatic heterocycles. The summed E-state index contributed by atoms with van der Waals surface area (Å²) >= 11 is 0. The first-order valence-corrected chi connectivity index (χ1v) is 23.5. The molecule has 0 aromatic rings. The molecule has 0 aliphatic carbocycles. The number of ether oxygens (including phenoxy) is 2. The summed E-state index contributed by atoms with van der Waals surface area (Å²) in [6, 6.07) is -1.53. The van der Waals surface area contributed by atoms with Gasteiger partial charge in [0, 0.05) is 12.8 Å². The van der Waals surface area contributed by atoms with E-state index >= 15 is 0 Å². The SMILES string of the molecule is CCCC/C=C/CCCCCCCCCCCC(=O)O[C@H](COC(=O)CC/C=C/C/C=C/C/C=C/C/C=C/C/C=C/CCCCC)COP(=O)(O)OC[C@H](N)C(=O)O. The molecule has 12 heteroatoms. The van der Waals surface area contributed by atoms with Crippen molar-refractivity contribution in [3.05, 3.63) is 72.9 Å². The third-order valence-electron chi connectivity index (χ3n) is 8.94. The molecule has 0 fully saturated rings. The van der Waals surface area contributed by atoms with E-state index in [0.29, 0.717) is 12.8 Å². The Bertz CT molecular complexity index is 1260. The third-order valence-corrected chi connectivity index (χ3v) is 9.89. The van der Waals surface area contributed by atoms with Crippen molar-refractivity contribution in [2.24, 2.45) is 5.73 Å². The van der Waals surface area contributed by atoms with E-state index in [0.717, 1.165) is 51.4 Å². The van der Waals surface area contributed by atoms with Crippen LogP contribution in [0.4, 0.5) is 0 Å². The summed E-state index contributed by atoms with van der Waals surface area (Å²) < 4.78 is 32.6. The smallest absolute Gasteiger partial charge is 0.472 e. The molecule has 4 N–H and O–H groups in total. The number of hydrogen-bond donors (Lipinski definition) is 3. The van der Waals surface area contributed by atoms with E-state index in [-0.39, 0.29) is 19.4 Å². The highest BCUT2D eigenvalue weighted by Crippen LogP contribution is 2.43. The number of phosphoric ester groups is 1. The number of carboxylic acids is 1. The highest BCUT2D eigenvalue weighted by molar-refractivity contribution is 7.47. The summed E-state index contributed by atoms with van der Waals surface area (Å²) in [6.07, 6.45) is 48.3. The number of rotatable bonds is 40. The minimum absolute atomic E-state index is 0.0950. The van der Waals surface area contributed by atoms with Gasteiger partial charge in [0.2, 0.25) is 0 Å². The lowest BCUT2D eigenvalue weighted by atomic mass is 10.1. The first-order valence-electron chi connectivity index (χ1n) is 22.0. The molecule has 3 atom stereocenters. The molecule has 1 unspecified atom stereocenters. The molecule has 0 saturated heterocycles. The Morgan fingerprint density at radius 1 is 0.534 bits per heavy atom. The van der Waals surface area contributed by atoms with Gasteiger partial charge in [-0.15, -0.1) is 0 Å². The second kappa shape index (κ2) is 40.7. The van der Waals surface area contributed by atoms with E-state index in [1.165, 1.54) is 77.0 Å². The van der Waals surface area contributed by atoms with E-state index in [2.05, 4.69) is 79.1 Å². The predicted octanol–water partition coefficient (Wildman–Crippen LogP) is 11.7. The van der Waals surface area contributed by atoms with Crippen LogP contribution < -0.4 is 5.73 Å². The molecular formula is C46H78NO10P. The zero-order valence-corrected chi connectivity index (χ0v) is 36.8. The molecule has 0 aliphatic rings. The maximum Gasteiger partial charge on any atom is 0.472 e. The van der Waals surface area contributed by atoms with Gasteiger partial charge < -0.3 is 25.2 Å². The first kappa shape index (κ1) is 54.9. The lowest BCUT2D eigenvalue weighted by molar-refractivity contribution is -0.161. The molecule has 11 nitrogen and oxygen atoms in total. The fourth-order valence-corrected chi connectivity index (χ4v) is 6.22. The number of carboxylic acid groups (broad SMARTS) is 1. The number of esters is 2. The first-order chi connectivity index (χ1) is 28.1. The van der Waals surface area contributed by atoms with E-state index in [9.17, 15) is 23.8 Å². The van der Waals surface area contributed by atoms with Gasteiger partial charge in [0.15, 0.2) is 6.10 Å². The van der Waals surface area contributed by atoms with Gasteiger partial charge in [-0.05, 0) is 70.6 Å². The summed E-state index contributed by atoms with van der Waals surface area (Å²) in [4.78, 5) is 45.9. The number of aliphatic carboxylic acids is 1. The Morgan fingerprint density at radius 3 is 1.50 bits per heavy atom. The molecule has 0 amide bonds. The number of unbranched alkanes of at least 4 members (excludes halogenated alkanes) is 14. The quantitative estimate of drug-likeness (QED) is 0.0232. The predicted molar refractivity (Wildman–Crippen MR) is 235 cm³/mol. The van der Waals surface area contributed by atoms with Crippen LogP contribution in [0.5, 0.6) is 0 Å². The van der Waals surface area contributed by atoms with Gasteiger partial charge in [-0.25, -0.2) is 4.57 Å². The number of carbonyl (C=O) groups is 3. The largest absolute Gasteiger partial charge is 0.480 e. The summed E-state index contributed by atoms with van der Waals surface area (Å²) in [5.41, 5.74) is 5.33. The molecular weight excluding hydrogens is 757 g/mol. The normalized spacial score (nSPS) is 14.4. The number of carbonyl (C=O) groups excluding carboxylic acids is 2. The average Bonchev–Trinajstić information content (AvgIpc) is 3.20. The Labute approximate surface area is 350 Å². The number of phosphoric acid groups is 1. The average molecular weight is 836 g/mol. The summed E-state index contributed by atoms with van der Waals surface area (Å²) in [5, 5.41) is 8.89. The molecule has 0 heterocycles. The molecule has 332 valence electrons. The molecule has 0 spiro atoms. The van der Waals surface area contributed by atoms with Crippen molar-refractivity contribution in [2.45, 2.75) is 180 Å². The lowest BCUT2D eigenvalue weighted by Gasteiger charge is -2.20. The van der Waals surface area contributed by atoms with Crippen LogP contribution in [0.2, 0.25) is 0 Å². The van der Waals surface area contributed by atoms with Crippen LogP contribution in [0.25, 0.3) is 0 Å². The van der Waals surface area contributed by atoms with Gasteiger partial charge in [-0.3, -0.25) is 23.4 Å². The van der Waals surface area contributed by atoms with Gasteiger partial charge in [0.05, 0.1) is 13.2 Å². The van der Waals surface area contributed by atoms with Crippen molar-refractivity contribution in [1.29, 1.82) is 0 Å². The molecule has 58 heavy (non-hydrogen) atoms. The standard InChI is InChI=1S/C46H78NO10P/c1-3-5-7-9-11-13-15-17-19-20-21-22-24-25-27-29-31-33-35-37-44(48)54-39-42(40-55-58(52,53)56-41-43(47)46(50)51)57-45(49)38-36-34-32-30-28-26-23-18-16-14-12-10-8-6-4-2/h10-13,17,19,21-22,25,27,31,33,42-43H,3-9,14-16,18,20,23-24,26,28-30,32,34-41,47H2,1-2H3,(H,50,51)(H,52,53)/b12-10+,13-11+,19-17+,22-21+,27-25+,33-31+/t42-,43+/m1/s1. The van der Waals surface area contributed by atoms with Crippen molar-refractivity contribution < 1.29 is 47.5 Å². The van der Waals surface area contributed by atoms with Gasteiger partial charge in [-0.1, -0.05) is 157 Å². The highest BCUT2D eigenvalue weighted by Gasteiger charge is 2.28.